The fourth-order valence-electron chi connectivity index (χ4n) is 2.46. The van der Waals surface area contributed by atoms with E-state index < -0.39 is 0 Å². The Hall–Kier alpha value is -1.66. The van der Waals surface area contributed by atoms with Crippen LogP contribution in [0.1, 0.15) is 17.7 Å². The van der Waals surface area contributed by atoms with E-state index in [4.69, 9.17) is 0 Å². The predicted molar refractivity (Wildman–Crippen MR) is 86.0 cm³/mol. The molecule has 1 aliphatic rings. The lowest BCUT2D eigenvalue weighted by Gasteiger charge is -2.30. The van der Waals surface area contributed by atoms with E-state index in [1.807, 2.05) is 6.07 Å². The van der Waals surface area contributed by atoms with E-state index in [0.717, 1.165) is 44.7 Å². The molecule has 0 amide bonds. The molecule has 1 saturated heterocycles. The van der Waals surface area contributed by atoms with Gasteiger partial charge < -0.3 is 15.3 Å². The average molecular weight is 304 g/mol. The van der Waals surface area contributed by atoms with Crippen molar-refractivity contribution in [2.24, 2.45) is 0 Å². The largest absolute Gasteiger partial charge is 0.393 e. The highest BCUT2D eigenvalue weighted by Crippen LogP contribution is 2.18. The number of rotatable bonds is 5. The van der Waals surface area contributed by atoms with Crippen LogP contribution in [0.2, 0.25) is 0 Å². The molecule has 6 heteroatoms. The molecule has 3 rings (SSSR count). The Morgan fingerprint density at radius 3 is 2.95 bits per heavy atom. The Bertz CT molecular complexity index is 553. The van der Waals surface area contributed by atoms with Gasteiger partial charge in [0, 0.05) is 30.7 Å². The molecule has 0 bridgehead atoms. The summed E-state index contributed by atoms with van der Waals surface area (Å²) in [6, 6.07) is 6.15. The number of aliphatic hydroxyl groups excluding tert-OH is 1. The lowest BCUT2D eigenvalue weighted by atomic mass is 10.1. The smallest absolute Gasteiger partial charge is 0.224 e. The Balaban J connectivity index is 1.55. The second-order valence-electron chi connectivity index (χ2n) is 5.21. The highest BCUT2D eigenvalue weighted by molar-refractivity contribution is 7.09. The zero-order chi connectivity index (χ0) is 14.5. The molecule has 2 N–H and O–H groups in total. The monoisotopic (exact) mass is 304 g/mol. The summed E-state index contributed by atoms with van der Waals surface area (Å²) in [5.41, 5.74) is 0. The average Bonchev–Trinajstić information content (AvgIpc) is 3.02. The molecule has 0 aromatic carbocycles. The maximum Gasteiger partial charge on any atom is 0.224 e. The third-order valence-electron chi connectivity index (χ3n) is 3.66. The standard InChI is InChI=1S/C15H20N4OS/c20-12-5-9-19(10-6-12)14-4-8-17-15(18-14)16-7-3-13-2-1-11-21-13/h1-2,4,8,11-12,20H,3,5-7,9-10H2,(H,16,17,18). The van der Waals surface area contributed by atoms with Crippen molar-refractivity contribution in [1.82, 2.24) is 9.97 Å². The van der Waals surface area contributed by atoms with Crippen molar-refractivity contribution in [3.8, 4) is 0 Å². The van der Waals surface area contributed by atoms with Crippen molar-refractivity contribution in [2.75, 3.05) is 29.9 Å². The summed E-state index contributed by atoms with van der Waals surface area (Å²) in [6.07, 6.45) is 4.24. The molecule has 2 aromatic rings. The van der Waals surface area contributed by atoms with Gasteiger partial charge in [-0.05, 0) is 36.8 Å². The Morgan fingerprint density at radius 2 is 2.19 bits per heavy atom. The van der Waals surface area contributed by atoms with Crippen molar-refractivity contribution in [3.05, 3.63) is 34.7 Å². The first kappa shape index (κ1) is 14.3. The van der Waals surface area contributed by atoms with Gasteiger partial charge >= 0.3 is 0 Å². The Morgan fingerprint density at radius 1 is 1.33 bits per heavy atom. The van der Waals surface area contributed by atoms with Crippen molar-refractivity contribution >= 4 is 23.1 Å². The molecule has 0 unspecified atom stereocenters. The van der Waals surface area contributed by atoms with E-state index in [2.05, 4.69) is 37.7 Å². The number of piperidine rings is 1. The van der Waals surface area contributed by atoms with Crippen molar-refractivity contribution < 1.29 is 5.11 Å². The van der Waals surface area contributed by atoms with Crippen LogP contribution in [0.15, 0.2) is 29.8 Å². The summed E-state index contributed by atoms with van der Waals surface area (Å²) < 4.78 is 0. The fraction of sp³-hybridized carbons (Fsp3) is 0.467. The molecule has 112 valence electrons. The van der Waals surface area contributed by atoms with E-state index in [1.165, 1.54) is 4.88 Å². The molecule has 0 saturated carbocycles. The van der Waals surface area contributed by atoms with Crippen LogP contribution in [0.4, 0.5) is 11.8 Å². The molecule has 1 fully saturated rings. The maximum absolute atomic E-state index is 9.56. The van der Waals surface area contributed by atoms with Crippen LogP contribution < -0.4 is 10.2 Å². The minimum atomic E-state index is -0.161. The Labute approximate surface area is 128 Å². The number of nitrogens with one attached hydrogen (secondary N) is 1. The highest BCUT2D eigenvalue weighted by Gasteiger charge is 2.18. The van der Waals surface area contributed by atoms with Gasteiger partial charge in [-0.25, -0.2) is 4.98 Å². The van der Waals surface area contributed by atoms with Crippen molar-refractivity contribution in [1.29, 1.82) is 0 Å². The number of anilines is 2. The molecule has 0 radical (unpaired) electrons. The van der Waals surface area contributed by atoms with Crippen LogP contribution in [-0.2, 0) is 6.42 Å². The quantitative estimate of drug-likeness (QED) is 0.886. The molecular formula is C15H20N4OS. The van der Waals surface area contributed by atoms with E-state index in [1.54, 1.807) is 17.5 Å². The lowest BCUT2D eigenvalue weighted by Crippen LogP contribution is -2.36. The zero-order valence-corrected chi connectivity index (χ0v) is 12.7. The summed E-state index contributed by atoms with van der Waals surface area (Å²) in [4.78, 5) is 12.4. The number of aliphatic hydroxyl groups is 1. The van der Waals surface area contributed by atoms with Crippen molar-refractivity contribution in [2.45, 2.75) is 25.4 Å². The van der Waals surface area contributed by atoms with E-state index in [9.17, 15) is 5.11 Å². The zero-order valence-electron chi connectivity index (χ0n) is 11.9. The molecule has 2 aromatic heterocycles. The summed E-state index contributed by atoms with van der Waals surface area (Å²) in [5, 5.41) is 14.9. The van der Waals surface area contributed by atoms with E-state index in [0.29, 0.717) is 5.95 Å². The molecule has 1 aliphatic heterocycles. The molecule has 0 spiro atoms. The lowest BCUT2D eigenvalue weighted by molar-refractivity contribution is 0.145. The van der Waals surface area contributed by atoms with Gasteiger partial charge in [0.1, 0.15) is 5.82 Å². The van der Waals surface area contributed by atoms with E-state index >= 15 is 0 Å². The summed E-state index contributed by atoms with van der Waals surface area (Å²) in [5.74, 6) is 1.62. The van der Waals surface area contributed by atoms with Gasteiger partial charge in [-0.1, -0.05) is 6.07 Å². The summed E-state index contributed by atoms with van der Waals surface area (Å²) in [6.45, 7) is 2.54. The van der Waals surface area contributed by atoms with Crippen LogP contribution >= 0.6 is 11.3 Å². The van der Waals surface area contributed by atoms with Crippen LogP contribution in [0, 0.1) is 0 Å². The first-order valence-electron chi connectivity index (χ1n) is 7.33. The number of nitrogens with zero attached hydrogens (tertiary/aromatic N) is 3. The minimum absolute atomic E-state index is 0.161. The summed E-state index contributed by atoms with van der Waals surface area (Å²) in [7, 11) is 0. The van der Waals surface area contributed by atoms with Gasteiger partial charge in [-0.3, -0.25) is 0 Å². The van der Waals surface area contributed by atoms with Gasteiger partial charge in [0.15, 0.2) is 0 Å². The van der Waals surface area contributed by atoms with Gasteiger partial charge in [-0.15, -0.1) is 11.3 Å². The summed E-state index contributed by atoms with van der Waals surface area (Å²) >= 11 is 1.77. The molecular weight excluding hydrogens is 284 g/mol. The Kier molecular flexibility index (Phi) is 4.67. The van der Waals surface area contributed by atoms with Crippen LogP contribution in [0.25, 0.3) is 0 Å². The molecule has 0 atom stereocenters. The number of thiophene rings is 1. The minimum Gasteiger partial charge on any atom is -0.393 e. The number of hydrogen-bond acceptors (Lipinski definition) is 6. The second-order valence-corrected chi connectivity index (χ2v) is 6.25. The molecule has 0 aliphatic carbocycles. The van der Waals surface area contributed by atoms with Crippen LogP contribution in [0.5, 0.6) is 0 Å². The van der Waals surface area contributed by atoms with E-state index in [-0.39, 0.29) is 6.10 Å². The predicted octanol–water partition coefficient (Wildman–Crippen LogP) is 2.15. The maximum atomic E-state index is 9.56. The van der Waals surface area contributed by atoms with Gasteiger partial charge in [-0.2, -0.15) is 4.98 Å². The highest BCUT2D eigenvalue weighted by atomic mass is 32.1. The van der Waals surface area contributed by atoms with Gasteiger partial charge in [0.25, 0.3) is 0 Å². The third-order valence-corrected chi connectivity index (χ3v) is 4.60. The normalized spacial score (nSPS) is 16.1. The second kappa shape index (κ2) is 6.87. The topological polar surface area (TPSA) is 61.3 Å². The van der Waals surface area contributed by atoms with Crippen LogP contribution in [0.3, 0.4) is 0 Å². The number of aromatic nitrogens is 2. The first-order chi connectivity index (χ1) is 10.3. The number of hydrogen-bond donors (Lipinski definition) is 2. The van der Waals surface area contributed by atoms with Crippen LogP contribution in [-0.4, -0.2) is 40.8 Å². The molecule has 5 nitrogen and oxygen atoms in total. The van der Waals surface area contributed by atoms with Crippen molar-refractivity contribution in [3.63, 3.8) is 0 Å². The SMILES string of the molecule is OC1CCN(c2ccnc(NCCc3cccs3)n2)CC1. The van der Waals surface area contributed by atoms with Gasteiger partial charge in [0.2, 0.25) is 5.95 Å². The molecule has 3 heterocycles. The van der Waals surface area contributed by atoms with Gasteiger partial charge in [0.05, 0.1) is 6.10 Å². The first-order valence-corrected chi connectivity index (χ1v) is 8.21. The third kappa shape index (κ3) is 3.92. The molecule has 21 heavy (non-hydrogen) atoms. The fourth-order valence-corrected chi connectivity index (χ4v) is 3.17.